The lowest BCUT2D eigenvalue weighted by atomic mass is 9.94. The number of aliphatic carboxylic acids is 1. The molecule has 4 heteroatoms. The van der Waals surface area contributed by atoms with Gasteiger partial charge in [-0.2, -0.15) is 5.26 Å². The van der Waals surface area contributed by atoms with E-state index in [1.165, 1.54) is 0 Å². The van der Waals surface area contributed by atoms with Gasteiger partial charge < -0.3 is 10.0 Å². The van der Waals surface area contributed by atoms with Crippen molar-refractivity contribution in [3.8, 4) is 6.19 Å². The van der Waals surface area contributed by atoms with Crippen LogP contribution in [0.4, 0.5) is 0 Å². The van der Waals surface area contributed by atoms with E-state index in [0.29, 0.717) is 13.1 Å². The van der Waals surface area contributed by atoms with E-state index in [2.05, 4.69) is 6.19 Å². The summed E-state index contributed by atoms with van der Waals surface area (Å²) >= 11 is 0. The molecule has 0 spiro atoms. The highest BCUT2D eigenvalue weighted by atomic mass is 16.4. The first kappa shape index (κ1) is 8.85. The lowest BCUT2D eigenvalue weighted by molar-refractivity contribution is -0.138. The van der Waals surface area contributed by atoms with E-state index in [9.17, 15) is 4.79 Å². The molecule has 0 aromatic heterocycles. The summed E-state index contributed by atoms with van der Waals surface area (Å²) in [5, 5.41) is 17.0. The Hall–Kier alpha value is -1.24. The summed E-state index contributed by atoms with van der Waals surface area (Å²) in [6, 6.07) is 0. The van der Waals surface area contributed by atoms with Crippen molar-refractivity contribution >= 4 is 5.97 Å². The minimum Gasteiger partial charge on any atom is -0.481 e. The molecule has 0 aromatic rings. The Morgan fingerprint density at radius 3 is 2.58 bits per heavy atom. The highest BCUT2D eigenvalue weighted by Crippen LogP contribution is 2.19. The number of carboxylic acid groups (broad SMARTS) is 1. The molecular weight excluding hydrogens is 156 g/mol. The average Bonchev–Trinajstić information content (AvgIpc) is 2.05. The van der Waals surface area contributed by atoms with Gasteiger partial charge in [0.15, 0.2) is 6.19 Å². The molecule has 1 rings (SSSR count). The van der Waals surface area contributed by atoms with Crippen molar-refractivity contribution in [2.24, 2.45) is 5.92 Å². The number of hydrogen-bond donors (Lipinski definition) is 1. The molecule has 0 radical (unpaired) electrons. The minimum absolute atomic E-state index is 0.249. The van der Waals surface area contributed by atoms with Gasteiger partial charge in [-0.05, 0) is 18.8 Å². The Morgan fingerprint density at radius 2 is 2.17 bits per heavy atom. The number of carbonyl (C=O) groups is 1. The molecule has 0 aromatic carbocycles. The van der Waals surface area contributed by atoms with Crippen LogP contribution in [0.25, 0.3) is 0 Å². The highest BCUT2D eigenvalue weighted by molar-refractivity contribution is 5.67. The zero-order valence-corrected chi connectivity index (χ0v) is 6.86. The van der Waals surface area contributed by atoms with Gasteiger partial charge in [0.1, 0.15) is 0 Å². The van der Waals surface area contributed by atoms with Crippen LogP contribution in [0.5, 0.6) is 0 Å². The molecule has 66 valence electrons. The molecule has 1 aliphatic heterocycles. The normalized spacial score (nSPS) is 18.8. The van der Waals surface area contributed by atoms with Crippen molar-refractivity contribution in [1.82, 2.24) is 4.90 Å². The molecule has 1 heterocycles. The van der Waals surface area contributed by atoms with Crippen LogP contribution in [-0.4, -0.2) is 29.1 Å². The second kappa shape index (κ2) is 3.96. The first-order valence-electron chi connectivity index (χ1n) is 4.09. The molecule has 1 saturated heterocycles. The minimum atomic E-state index is -0.731. The third-order valence-corrected chi connectivity index (χ3v) is 2.22. The number of nitrogens with zero attached hydrogens (tertiary/aromatic N) is 2. The van der Waals surface area contributed by atoms with Crippen LogP contribution in [0.1, 0.15) is 19.3 Å². The molecule has 0 saturated carbocycles. The summed E-state index contributed by atoms with van der Waals surface area (Å²) < 4.78 is 0. The van der Waals surface area contributed by atoms with Gasteiger partial charge in [-0.25, -0.2) is 0 Å². The first-order valence-corrected chi connectivity index (χ1v) is 4.09. The molecule has 0 bridgehead atoms. The van der Waals surface area contributed by atoms with Gasteiger partial charge in [-0.1, -0.05) is 0 Å². The number of piperidine rings is 1. The first-order chi connectivity index (χ1) is 5.72. The van der Waals surface area contributed by atoms with Gasteiger partial charge in [0.25, 0.3) is 0 Å². The van der Waals surface area contributed by atoms with Crippen molar-refractivity contribution in [3.05, 3.63) is 0 Å². The summed E-state index contributed by atoms with van der Waals surface area (Å²) in [7, 11) is 0. The molecule has 12 heavy (non-hydrogen) atoms. The Balaban J connectivity index is 2.27. The lowest BCUT2D eigenvalue weighted by Gasteiger charge is -2.26. The smallest absolute Gasteiger partial charge is 0.303 e. The molecule has 0 atom stereocenters. The van der Waals surface area contributed by atoms with E-state index in [-0.39, 0.29) is 12.3 Å². The quantitative estimate of drug-likeness (QED) is 0.615. The van der Waals surface area contributed by atoms with Crippen LogP contribution < -0.4 is 0 Å². The van der Waals surface area contributed by atoms with Crippen molar-refractivity contribution in [2.75, 3.05) is 13.1 Å². The highest BCUT2D eigenvalue weighted by Gasteiger charge is 2.19. The Morgan fingerprint density at radius 1 is 1.58 bits per heavy atom. The zero-order valence-electron chi connectivity index (χ0n) is 6.86. The predicted octanol–water partition coefficient (Wildman–Crippen LogP) is 0.654. The van der Waals surface area contributed by atoms with E-state index < -0.39 is 5.97 Å². The molecular formula is C8H12N2O2. The van der Waals surface area contributed by atoms with E-state index in [0.717, 1.165) is 12.8 Å². The van der Waals surface area contributed by atoms with E-state index in [1.807, 2.05) is 0 Å². The van der Waals surface area contributed by atoms with Crippen molar-refractivity contribution in [3.63, 3.8) is 0 Å². The molecule has 1 fully saturated rings. The van der Waals surface area contributed by atoms with Crippen LogP contribution >= 0.6 is 0 Å². The van der Waals surface area contributed by atoms with Crippen molar-refractivity contribution in [2.45, 2.75) is 19.3 Å². The van der Waals surface area contributed by atoms with Crippen LogP contribution in [0.15, 0.2) is 0 Å². The van der Waals surface area contributed by atoms with Gasteiger partial charge >= 0.3 is 5.97 Å². The SMILES string of the molecule is N#CN1CCC(CC(=O)O)CC1. The van der Waals surface area contributed by atoms with Gasteiger partial charge in [0, 0.05) is 19.5 Å². The fourth-order valence-corrected chi connectivity index (χ4v) is 1.48. The Kier molecular flexibility index (Phi) is 2.92. The number of hydrogen-bond acceptors (Lipinski definition) is 3. The van der Waals surface area contributed by atoms with Crippen molar-refractivity contribution in [1.29, 1.82) is 5.26 Å². The third-order valence-electron chi connectivity index (χ3n) is 2.22. The van der Waals surface area contributed by atoms with Gasteiger partial charge in [0.2, 0.25) is 0 Å². The molecule has 1 N–H and O–H groups in total. The number of rotatable bonds is 2. The van der Waals surface area contributed by atoms with Gasteiger partial charge in [-0.15, -0.1) is 0 Å². The second-order valence-electron chi connectivity index (χ2n) is 3.13. The predicted molar refractivity (Wildman–Crippen MR) is 42.2 cm³/mol. The van der Waals surface area contributed by atoms with Crippen LogP contribution in [0, 0.1) is 17.4 Å². The second-order valence-corrected chi connectivity index (χ2v) is 3.13. The maximum Gasteiger partial charge on any atom is 0.303 e. The van der Waals surface area contributed by atoms with Crippen LogP contribution in [-0.2, 0) is 4.79 Å². The molecule has 0 aliphatic carbocycles. The number of nitriles is 1. The Labute approximate surface area is 71.4 Å². The average molecular weight is 168 g/mol. The molecule has 0 unspecified atom stereocenters. The molecule has 0 amide bonds. The summed E-state index contributed by atoms with van der Waals surface area (Å²) in [5.74, 6) is -0.461. The lowest BCUT2D eigenvalue weighted by Crippen LogP contribution is -2.30. The topological polar surface area (TPSA) is 64.3 Å². The van der Waals surface area contributed by atoms with E-state index in [1.54, 1.807) is 4.90 Å². The standard InChI is InChI=1S/C8H12N2O2/c9-6-10-3-1-7(2-4-10)5-8(11)12/h7H,1-5H2,(H,11,12). The van der Waals surface area contributed by atoms with Gasteiger partial charge in [-0.3, -0.25) is 4.79 Å². The van der Waals surface area contributed by atoms with Gasteiger partial charge in [0.05, 0.1) is 0 Å². The summed E-state index contributed by atoms with van der Waals surface area (Å²) in [5.41, 5.74) is 0. The third kappa shape index (κ3) is 2.42. The molecule has 4 nitrogen and oxygen atoms in total. The fraction of sp³-hybridized carbons (Fsp3) is 0.750. The maximum atomic E-state index is 10.3. The number of likely N-dealkylation sites (tertiary alicyclic amines) is 1. The Bertz CT molecular complexity index is 202. The van der Waals surface area contributed by atoms with Crippen LogP contribution in [0.2, 0.25) is 0 Å². The van der Waals surface area contributed by atoms with E-state index >= 15 is 0 Å². The van der Waals surface area contributed by atoms with Crippen molar-refractivity contribution < 1.29 is 9.90 Å². The summed E-state index contributed by atoms with van der Waals surface area (Å²) in [6.45, 7) is 1.43. The number of carboxylic acids is 1. The maximum absolute atomic E-state index is 10.3. The largest absolute Gasteiger partial charge is 0.481 e. The fourth-order valence-electron chi connectivity index (χ4n) is 1.48. The summed E-state index contributed by atoms with van der Waals surface area (Å²) in [4.78, 5) is 12.0. The molecule has 1 aliphatic rings. The monoisotopic (exact) mass is 168 g/mol. The van der Waals surface area contributed by atoms with Crippen LogP contribution in [0.3, 0.4) is 0 Å². The zero-order chi connectivity index (χ0) is 8.97. The summed E-state index contributed by atoms with van der Waals surface area (Å²) in [6.07, 6.45) is 3.98. The van der Waals surface area contributed by atoms with E-state index in [4.69, 9.17) is 10.4 Å².